The van der Waals surface area contributed by atoms with Gasteiger partial charge in [-0.15, -0.1) is 0 Å². The number of para-hydroxylation sites is 2. The van der Waals surface area contributed by atoms with Crippen molar-refractivity contribution in [1.82, 2.24) is 9.47 Å². The number of likely N-dealkylation sites (tertiary alicyclic amines) is 1. The third-order valence-corrected chi connectivity index (χ3v) is 7.22. The Labute approximate surface area is 212 Å². The zero-order valence-electron chi connectivity index (χ0n) is 20.2. The van der Waals surface area contributed by atoms with Gasteiger partial charge in [-0.05, 0) is 54.8 Å². The van der Waals surface area contributed by atoms with E-state index in [9.17, 15) is 15.2 Å². The molecule has 0 unspecified atom stereocenters. The van der Waals surface area contributed by atoms with Crippen LogP contribution in [0, 0.1) is 11.3 Å². The van der Waals surface area contributed by atoms with Crippen LogP contribution in [-0.2, 0) is 12.0 Å². The van der Waals surface area contributed by atoms with E-state index in [4.69, 9.17) is 14.6 Å². The number of rotatable bonds is 6. The SMILES string of the molecule is COc1cc(C(=O)N2CCC3(CC2)Oc2ccccc2-n2c(C#N)ccc23)ccc1CC[C@@H](O)CO.[HH].[HH]. The Morgan fingerprint density at radius 3 is 2.72 bits per heavy atom. The number of hydrogen-bond acceptors (Lipinski definition) is 6. The smallest absolute Gasteiger partial charge is 0.253 e. The highest BCUT2D eigenvalue weighted by molar-refractivity contribution is 5.94. The van der Waals surface area contributed by atoms with Crippen molar-refractivity contribution in [2.24, 2.45) is 0 Å². The molecule has 1 amide bonds. The molecule has 1 saturated heterocycles. The van der Waals surface area contributed by atoms with Crippen LogP contribution in [0.5, 0.6) is 11.5 Å². The van der Waals surface area contributed by atoms with Crippen LogP contribution < -0.4 is 9.47 Å². The van der Waals surface area contributed by atoms with Gasteiger partial charge in [0.15, 0.2) is 5.60 Å². The summed E-state index contributed by atoms with van der Waals surface area (Å²) in [6.45, 7) is 0.745. The maximum Gasteiger partial charge on any atom is 0.253 e. The molecule has 8 nitrogen and oxygen atoms in total. The monoisotopic (exact) mass is 491 g/mol. The van der Waals surface area contributed by atoms with E-state index in [1.807, 2.05) is 51.9 Å². The first kappa shape index (κ1) is 23.9. The molecule has 0 radical (unpaired) electrons. The van der Waals surface area contributed by atoms with Crippen molar-refractivity contribution in [3.8, 4) is 23.3 Å². The van der Waals surface area contributed by atoms with Crippen molar-refractivity contribution in [2.45, 2.75) is 37.4 Å². The summed E-state index contributed by atoms with van der Waals surface area (Å²) in [7, 11) is 1.56. The van der Waals surface area contributed by atoms with Gasteiger partial charge in [0.2, 0.25) is 0 Å². The largest absolute Gasteiger partial charge is 0.496 e. The average molecular weight is 492 g/mol. The van der Waals surface area contributed by atoms with Crippen LogP contribution >= 0.6 is 0 Å². The maximum absolute atomic E-state index is 13.4. The Hall–Kier alpha value is -3.80. The van der Waals surface area contributed by atoms with Crippen LogP contribution in [0.2, 0.25) is 0 Å². The molecule has 8 heteroatoms. The zero-order valence-corrected chi connectivity index (χ0v) is 20.2. The van der Waals surface area contributed by atoms with E-state index in [0.717, 1.165) is 22.7 Å². The molecular formula is C28H33N3O5. The number of ether oxygens (including phenoxy) is 2. The minimum atomic E-state index is -0.781. The lowest BCUT2D eigenvalue weighted by molar-refractivity contribution is -0.00938. The molecule has 5 rings (SSSR count). The van der Waals surface area contributed by atoms with Crippen molar-refractivity contribution in [2.75, 3.05) is 26.8 Å². The van der Waals surface area contributed by atoms with Crippen molar-refractivity contribution >= 4 is 5.91 Å². The van der Waals surface area contributed by atoms with E-state index in [1.165, 1.54) is 0 Å². The molecule has 0 aliphatic carbocycles. The maximum atomic E-state index is 13.4. The number of aliphatic hydroxyl groups is 2. The Morgan fingerprint density at radius 2 is 2.00 bits per heavy atom. The number of piperidine rings is 1. The van der Waals surface area contributed by atoms with Gasteiger partial charge in [-0.1, -0.05) is 18.2 Å². The summed E-state index contributed by atoms with van der Waals surface area (Å²) in [5.74, 6) is 1.26. The highest BCUT2D eigenvalue weighted by atomic mass is 16.5. The number of aryl methyl sites for hydroxylation is 1. The lowest BCUT2D eigenvalue weighted by Gasteiger charge is -2.45. The Bertz CT molecular complexity index is 1330. The van der Waals surface area contributed by atoms with E-state index < -0.39 is 11.7 Å². The Balaban J connectivity index is 0.00000200. The van der Waals surface area contributed by atoms with Crippen LogP contribution in [-0.4, -0.2) is 58.5 Å². The second-order valence-electron chi connectivity index (χ2n) is 9.31. The van der Waals surface area contributed by atoms with Gasteiger partial charge in [0.05, 0.1) is 31.2 Å². The average Bonchev–Trinajstić information content (AvgIpc) is 3.37. The summed E-state index contributed by atoms with van der Waals surface area (Å²) in [5, 5.41) is 28.4. The van der Waals surface area contributed by atoms with E-state index in [-0.39, 0.29) is 15.4 Å². The first-order chi connectivity index (χ1) is 17.5. The highest BCUT2D eigenvalue weighted by Crippen LogP contribution is 2.46. The van der Waals surface area contributed by atoms with Gasteiger partial charge < -0.3 is 24.6 Å². The topological polar surface area (TPSA) is 108 Å². The van der Waals surface area contributed by atoms with E-state index in [2.05, 4.69) is 6.07 Å². The molecule has 0 saturated carbocycles. The summed E-state index contributed by atoms with van der Waals surface area (Å²) in [5.41, 5.74) is 3.19. The van der Waals surface area contributed by atoms with Crippen molar-refractivity contribution < 1.29 is 27.3 Å². The summed E-state index contributed by atoms with van der Waals surface area (Å²) in [6.07, 6.45) is 1.38. The molecule has 3 heterocycles. The van der Waals surface area contributed by atoms with Crippen molar-refractivity contribution in [1.29, 1.82) is 5.26 Å². The van der Waals surface area contributed by atoms with Crippen molar-refractivity contribution in [3.63, 3.8) is 0 Å². The molecule has 1 fully saturated rings. The highest BCUT2D eigenvalue weighted by Gasteiger charge is 2.45. The first-order valence-electron chi connectivity index (χ1n) is 12.2. The fourth-order valence-electron chi connectivity index (χ4n) is 5.24. The van der Waals surface area contributed by atoms with E-state index in [0.29, 0.717) is 55.8 Å². The number of amides is 1. The van der Waals surface area contributed by atoms with Gasteiger partial charge in [-0.3, -0.25) is 9.36 Å². The van der Waals surface area contributed by atoms with Gasteiger partial charge in [-0.25, -0.2) is 0 Å². The van der Waals surface area contributed by atoms with Crippen molar-refractivity contribution in [3.05, 3.63) is 77.1 Å². The molecule has 1 aromatic heterocycles. The molecule has 0 bridgehead atoms. The van der Waals surface area contributed by atoms with Gasteiger partial charge in [0.1, 0.15) is 23.3 Å². The summed E-state index contributed by atoms with van der Waals surface area (Å²) < 4.78 is 14.0. The fraction of sp³-hybridized carbons (Fsp3) is 0.357. The molecule has 2 aliphatic heterocycles. The number of hydrogen-bond donors (Lipinski definition) is 2. The number of carbonyl (C=O) groups excluding carboxylic acids is 1. The van der Waals surface area contributed by atoms with Gasteiger partial charge >= 0.3 is 0 Å². The molecule has 190 valence electrons. The normalized spacial score (nSPS) is 16.4. The number of methoxy groups -OCH3 is 1. The number of benzene rings is 2. The lowest BCUT2D eigenvalue weighted by Crippen LogP contribution is -2.50. The van der Waals surface area contributed by atoms with Crippen LogP contribution in [0.15, 0.2) is 54.6 Å². The Kier molecular flexibility index (Phi) is 6.44. The number of aliphatic hydroxyl groups excluding tert-OH is 2. The third-order valence-electron chi connectivity index (χ3n) is 7.22. The fourth-order valence-corrected chi connectivity index (χ4v) is 5.24. The molecule has 1 atom stereocenters. The molecule has 2 aliphatic rings. The van der Waals surface area contributed by atoms with Gasteiger partial charge in [-0.2, -0.15) is 5.26 Å². The second kappa shape index (κ2) is 9.69. The minimum Gasteiger partial charge on any atom is -0.496 e. The number of aromatic nitrogens is 1. The Morgan fingerprint density at radius 1 is 1.22 bits per heavy atom. The molecule has 2 N–H and O–H groups in total. The molecule has 3 aromatic rings. The van der Waals surface area contributed by atoms with Crippen LogP contribution in [0.1, 0.15) is 49.4 Å². The van der Waals surface area contributed by atoms with Gasteiger partial charge in [0.25, 0.3) is 5.91 Å². The second-order valence-corrected chi connectivity index (χ2v) is 9.31. The first-order valence-corrected chi connectivity index (χ1v) is 12.2. The molecule has 2 aromatic carbocycles. The minimum absolute atomic E-state index is 0. The van der Waals surface area contributed by atoms with Crippen LogP contribution in [0.4, 0.5) is 0 Å². The number of carbonyl (C=O) groups is 1. The molecule has 1 spiro atoms. The molecular weight excluding hydrogens is 458 g/mol. The van der Waals surface area contributed by atoms with Gasteiger partial charge in [0, 0.05) is 34.3 Å². The summed E-state index contributed by atoms with van der Waals surface area (Å²) >= 11 is 0. The summed E-state index contributed by atoms with van der Waals surface area (Å²) in [6, 6.07) is 19.2. The zero-order chi connectivity index (χ0) is 25.3. The summed E-state index contributed by atoms with van der Waals surface area (Å²) in [4.78, 5) is 15.2. The predicted molar refractivity (Wildman–Crippen MR) is 137 cm³/mol. The number of nitrogens with zero attached hydrogens (tertiary/aromatic N) is 3. The van der Waals surface area contributed by atoms with E-state index >= 15 is 0 Å². The van der Waals surface area contributed by atoms with Crippen LogP contribution in [0.3, 0.4) is 0 Å². The third kappa shape index (κ3) is 4.11. The predicted octanol–water partition coefficient (Wildman–Crippen LogP) is 3.66. The quantitative estimate of drug-likeness (QED) is 0.545. The molecule has 36 heavy (non-hydrogen) atoms. The number of nitriles is 1. The lowest BCUT2D eigenvalue weighted by atomic mass is 9.86. The van der Waals surface area contributed by atoms with Crippen LogP contribution in [0.25, 0.3) is 5.69 Å². The van der Waals surface area contributed by atoms with E-state index in [1.54, 1.807) is 19.2 Å². The standard InChI is InChI=1S/C28H29N3O5.2H2/c1-35-25-16-20(7-6-19(25)8-10-22(33)18-32)27(34)30-14-12-28(13-15-30)26-11-9-21(17-29)31(26)23-4-2-3-5-24(23)36-28;;/h2-7,9,11,16,22,32-33H,8,10,12-15,18H2,1H3;2*1H/t22-;;/m1../s1. The number of fused-ring (bicyclic) bond motifs is 4.